The van der Waals surface area contributed by atoms with E-state index >= 15 is 0 Å². The van der Waals surface area contributed by atoms with E-state index in [1.54, 1.807) is 0 Å². The van der Waals surface area contributed by atoms with Crippen molar-refractivity contribution in [3.63, 3.8) is 0 Å². The van der Waals surface area contributed by atoms with E-state index in [1.807, 2.05) is 0 Å². The number of nitro benzene ring substituents is 1. The Morgan fingerprint density at radius 1 is 1.03 bits per heavy atom. The lowest BCUT2D eigenvalue weighted by atomic mass is 9.95. The van der Waals surface area contributed by atoms with Gasteiger partial charge in [-0.1, -0.05) is 6.07 Å². The molecule has 0 bridgehead atoms. The number of carbonyl (C=O) groups is 5. The first-order valence-electron chi connectivity index (χ1n) is 10.8. The molecule has 1 aromatic rings. The van der Waals surface area contributed by atoms with Crippen molar-refractivity contribution in [2.24, 2.45) is 0 Å². The molecule has 15 heteroatoms. The number of nitrogens with one attached hydrogen (secondary N) is 1. The maximum absolute atomic E-state index is 13.0. The molecule has 5 atom stereocenters. The first kappa shape index (κ1) is 29.1. The minimum Gasteiger partial charge on any atom is -0.467 e. The lowest BCUT2D eigenvalue weighted by Gasteiger charge is -2.44. The van der Waals surface area contributed by atoms with Crippen molar-refractivity contribution in [2.45, 2.75) is 51.4 Å². The van der Waals surface area contributed by atoms with Crippen molar-refractivity contribution in [3.05, 3.63) is 39.9 Å². The summed E-state index contributed by atoms with van der Waals surface area (Å²) >= 11 is 0. The molecule has 0 aliphatic carbocycles. The van der Waals surface area contributed by atoms with Crippen molar-refractivity contribution in [1.82, 2.24) is 5.32 Å². The van der Waals surface area contributed by atoms with Crippen molar-refractivity contribution in [3.8, 4) is 0 Å². The number of carbonyl (C=O) groups excluding carboxylic acids is 5. The number of hydrogen-bond acceptors (Lipinski definition) is 13. The summed E-state index contributed by atoms with van der Waals surface area (Å²) in [6.45, 7) is 2.13. The molecule has 1 fully saturated rings. The Morgan fingerprint density at radius 2 is 1.70 bits per heavy atom. The predicted octanol–water partition coefficient (Wildman–Crippen LogP) is 0.0342. The van der Waals surface area contributed by atoms with E-state index in [-0.39, 0.29) is 11.3 Å². The average Bonchev–Trinajstić information content (AvgIpc) is 2.83. The molecule has 0 spiro atoms. The monoisotopic (exact) mass is 526 g/mol. The van der Waals surface area contributed by atoms with E-state index in [1.165, 1.54) is 18.2 Å². The van der Waals surface area contributed by atoms with Crippen molar-refractivity contribution >= 4 is 35.5 Å². The van der Waals surface area contributed by atoms with Crippen molar-refractivity contribution < 1.29 is 57.3 Å². The molecule has 37 heavy (non-hydrogen) atoms. The van der Waals surface area contributed by atoms with Crippen molar-refractivity contribution in [1.29, 1.82) is 0 Å². The molecule has 0 saturated carbocycles. The molecule has 1 saturated heterocycles. The minimum absolute atomic E-state index is 0.131. The van der Waals surface area contributed by atoms with Gasteiger partial charge in [-0.05, 0) is 6.07 Å². The van der Waals surface area contributed by atoms with Crippen LogP contribution >= 0.6 is 0 Å². The molecule has 1 aliphatic rings. The van der Waals surface area contributed by atoms with Gasteiger partial charge in [-0.15, -0.1) is 0 Å². The number of hydrogen-bond donors (Lipinski definition) is 1. The van der Waals surface area contributed by atoms with E-state index in [2.05, 4.69) is 10.1 Å². The van der Waals surface area contributed by atoms with Crippen LogP contribution in [0.3, 0.4) is 0 Å². The second kappa shape index (κ2) is 13.3. The first-order chi connectivity index (χ1) is 17.4. The van der Waals surface area contributed by atoms with Gasteiger partial charge in [0.15, 0.2) is 6.10 Å². The number of amides is 1. The summed E-state index contributed by atoms with van der Waals surface area (Å²) < 4.78 is 31.4. The summed E-state index contributed by atoms with van der Waals surface area (Å²) in [5, 5.41) is 13.6. The Labute approximate surface area is 210 Å². The summed E-state index contributed by atoms with van der Waals surface area (Å²) in [6, 6.07) is 3.37. The normalized spacial score (nSPS) is 22.8. The van der Waals surface area contributed by atoms with Gasteiger partial charge in [-0.25, -0.2) is 4.79 Å². The second-order valence-electron chi connectivity index (χ2n) is 7.69. The van der Waals surface area contributed by atoms with Crippen LogP contribution in [-0.2, 0) is 47.6 Å². The van der Waals surface area contributed by atoms with Crippen molar-refractivity contribution in [2.75, 3.05) is 20.3 Å². The zero-order valence-electron chi connectivity index (χ0n) is 20.4. The van der Waals surface area contributed by atoms with E-state index in [0.29, 0.717) is 0 Å². The lowest BCUT2D eigenvalue weighted by Crippen LogP contribution is -2.66. The van der Waals surface area contributed by atoms with Crippen LogP contribution < -0.4 is 5.32 Å². The van der Waals surface area contributed by atoms with Crippen LogP contribution in [0.2, 0.25) is 0 Å². The third-order valence-corrected chi connectivity index (χ3v) is 4.92. The van der Waals surface area contributed by atoms with E-state index in [9.17, 15) is 34.1 Å². The lowest BCUT2D eigenvalue weighted by molar-refractivity contribution is -0.384. The molecule has 1 N–H and O–H groups in total. The highest BCUT2D eigenvalue weighted by molar-refractivity contribution is 5.95. The van der Waals surface area contributed by atoms with Crippen LogP contribution in [0.25, 0.3) is 0 Å². The third kappa shape index (κ3) is 8.50. The predicted molar refractivity (Wildman–Crippen MR) is 119 cm³/mol. The van der Waals surface area contributed by atoms with Crippen LogP contribution in [-0.4, -0.2) is 85.7 Å². The van der Waals surface area contributed by atoms with Gasteiger partial charge < -0.3 is 33.7 Å². The van der Waals surface area contributed by atoms with Gasteiger partial charge in [0.1, 0.15) is 31.5 Å². The van der Waals surface area contributed by atoms with Gasteiger partial charge in [0.25, 0.3) is 11.6 Å². The Balaban J connectivity index is 2.49. The number of non-ortho nitro benzene ring substituents is 1. The number of nitro groups is 1. The molecule has 15 nitrogen and oxygen atoms in total. The minimum atomic E-state index is -1.57. The maximum atomic E-state index is 13.0. The highest BCUT2D eigenvalue weighted by Crippen LogP contribution is 2.28. The van der Waals surface area contributed by atoms with E-state index in [0.717, 1.165) is 33.9 Å². The number of methoxy groups -OCH3 is 1. The van der Waals surface area contributed by atoms with Crippen LogP contribution in [0.5, 0.6) is 0 Å². The summed E-state index contributed by atoms with van der Waals surface area (Å²) in [5.74, 6) is -4.01. The Morgan fingerprint density at radius 3 is 2.27 bits per heavy atom. The van der Waals surface area contributed by atoms with Crippen LogP contribution in [0.4, 0.5) is 5.69 Å². The second-order valence-corrected chi connectivity index (χ2v) is 7.69. The zero-order valence-corrected chi connectivity index (χ0v) is 20.4. The molecule has 0 unspecified atom stereocenters. The molecule has 0 aromatic heterocycles. The molecular weight excluding hydrogens is 500 g/mol. The van der Waals surface area contributed by atoms with Crippen LogP contribution in [0, 0.1) is 10.1 Å². The zero-order chi connectivity index (χ0) is 27.7. The number of rotatable bonds is 10. The van der Waals surface area contributed by atoms with Gasteiger partial charge in [0, 0.05) is 38.5 Å². The van der Waals surface area contributed by atoms with E-state index in [4.69, 9.17) is 23.7 Å². The highest BCUT2D eigenvalue weighted by Gasteiger charge is 2.51. The van der Waals surface area contributed by atoms with Crippen LogP contribution in [0.15, 0.2) is 24.3 Å². The van der Waals surface area contributed by atoms with Crippen LogP contribution in [0.1, 0.15) is 31.1 Å². The fraction of sp³-hybridized carbons (Fsp3) is 0.500. The molecule has 1 aliphatic heterocycles. The fourth-order valence-corrected chi connectivity index (χ4v) is 3.41. The molecule has 0 radical (unpaired) electrons. The molecule has 1 amide bonds. The molecular formula is C22H26N2O13. The molecule has 1 aromatic carbocycles. The van der Waals surface area contributed by atoms with Gasteiger partial charge in [-0.3, -0.25) is 29.3 Å². The highest BCUT2D eigenvalue weighted by atomic mass is 16.7. The molecule has 2 rings (SSSR count). The third-order valence-electron chi connectivity index (χ3n) is 4.92. The van der Waals surface area contributed by atoms with Gasteiger partial charge >= 0.3 is 23.9 Å². The topological polar surface area (TPSA) is 196 Å². The fourth-order valence-electron chi connectivity index (χ4n) is 3.41. The Bertz CT molecular complexity index is 1040. The number of benzene rings is 1. The maximum Gasteiger partial charge on any atom is 0.331 e. The molecule has 1 heterocycles. The first-order valence-corrected chi connectivity index (χ1v) is 10.8. The van der Waals surface area contributed by atoms with E-state index < -0.39 is 78.6 Å². The molecule has 202 valence electrons. The van der Waals surface area contributed by atoms with Gasteiger partial charge in [0.2, 0.25) is 6.29 Å². The number of nitrogens with zero attached hydrogens (tertiary/aromatic N) is 1. The number of ether oxygens (including phenoxy) is 6. The van der Waals surface area contributed by atoms with Gasteiger partial charge in [0.05, 0.1) is 12.0 Å². The standard InChI is InChI=1S/C22H26N2O13/c1-11(25)33-9-16-19(35-12(2)26)20(34-10-17(28)32-4)18(22(37-16)36-13(3)27)23-21(29)14-6-5-7-15(8-14)24(30)31/h5-8,16,18-20,22H,9-10H2,1-4H3,(H,23,29)/t16-,18+,19-,20-,22-/m1/s1. The summed E-state index contributed by atoms with van der Waals surface area (Å²) in [4.78, 5) is 70.3. The smallest absolute Gasteiger partial charge is 0.331 e. The quantitative estimate of drug-likeness (QED) is 0.186. The van der Waals surface area contributed by atoms with Gasteiger partial charge in [-0.2, -0.15) is 0 Å². The summed E-state index contributed by atoms with van der Waals surface area (Å²) in [6.07, 6.45) is -5.59. The summed E-state index contributed by atoms with van der Waals surface area (Å²) in [7, 11) is 1.10. The Hall–Kier alpha value is -4.11. The Kier molecular flexibility index (Phi) is 10.4. The average molecular weight is 526 g/mol. The largest absolute Gasteiger partial charge is 0.467 e. The summed E-state index contributed by atoms with van der Waals surface area (Å²) in [5.41, 5.74) is -0.490. The number of esters is 4. The SMILES string of the molecule is COC(=O)CO[C@@H]1[C@H](NC(=O)c2cccc([N+](=O)[O-])c2)[C@H](OC(C)=O)O[C@H](COC(C)=O)[C@H]1OC(C)=O.